The molecule has 0 aromatic carbocycles. The van der Waals surface area contributed by atoms with Gasteiger partial charge in [0.15, 0.2) is 0 Å². The van der Waals surface area contributed by atoms with Crippen LogP contribution in [0.1, 0.15) is 81.1 Å². The number of nitrogens with zero attached hydrogens (tertiary/aromatic N) is 1. The lowest BCUT2D eigenvalue weighted by Gasteiger charge is -2.15. The summed E-state index contributed by atoms with van der Waals surface area (Å²) in [5, 5.41) is 4.77. The Morgan fingerprint density at radius 1 is 1.11 bits per heavy atom. The van der Waals surface area contributed by atoms with Crippen LogP contribution >= 0.6 is 11.3 Å². The molecule has 0 aliphatic rings. The van der Waals surface area contributed by atoms with Gasteiger partial charge in [0.05, 0.1) is 5.01 Å². The van der Waals surface area contributed by atoms with E-state index in [1.54, 1.807) is 0 Å². The average molecular weight is 282 g/mol. The van der Waals surface area contributed by atoms with Gasteiger partial charge in [0.25, 0.3) is 0 Å². The Bertz CT molecular complexity index is 322. The molecule has 2 nitrogen and oxygen atoms in total. The first-order valence-electron chi connectivity index (χ1n) is 7.93. The van der Waals surface area contributed by atoms with Gasteiger partial charge in [-0.15, -0.1) is 11.3 Å². The monoisotopic (exact) mass is 282 g/mol. The summed E-state index contributed by atoms with van der Waals surface area (Å²) in [7, 11) is 0. The van der Waals surface area contributed by atoms with E-state index in [0.717, 1.165) is 6.54 Å². The molecule has 0 saturated heterocycles. The number of aryl methyl sites for hydroxylation is 1. The van der Waals surface area contributed by atoms with Crippen molar-refractivity contribution in [3.63, 3.8) is 0 Å². The molecular formula is C16H30N2S. The zero-order valence-electron chi connectivity index (χ0n) is 12.9. The van der Waals surface area contributed by atoms with Gasteiger partial charge in [-0.25, -0.2) is 4.98 Å². The normalized spacial score (nSPS) is 12.8. The maximum atomic E-state index is 4.38. The Kier molecular flexibility index (Phi) is 9.10. The van der Waals surface area contributed by atoms with Crippen molar-refractivity contribution in [2.45, 2.75) is 78.2 Å². The standard InChI is InChI=1S/C16H30N2S/c1-4-6-7-8-9-10-11-12-15(17-5-2)16-13-18-14(3)19-16/h13,15,17H,4-12H2,1-3H3. The second-order valence-electron chi connectivity index (χ2n) is 5.30. The Balaban J connectivity index is 2.19. The van der Waals surface area contributed by atoms with Gasteiger partial charge in [0.2, 0.25) is 0 Å². The van der Waals surface area contributed by atoms with Gasteiger partial charge in [0.1, 0.15) is 0 Å². The molecule has 1 aromatic rings. The van der Waals surface area contributed by atoms with Gasteiger partial charge < -0.3 is 5.32 Å². The smallest absolute Gasteiger partial charge is 0.0897 e. The molecule has 1 rings (SSSR count). The molecule has 3 heteroatoms. The van der Waals surface area contributed by atoms with E-state index in [4.69, 9.17) is 0 Å². The van der Waals surface area contributed by atoms with E-state index in [1.807, 2.05) is 11.3 Å². The van der Waals surface area contributed by atoms with Crippen LogP contribution in [-0.4, -0.2) is 11.5 Å². The summed E-state index contributed by atoms with van der Waals surface area (Å²) >= 11 is 1.84. The van der Waals surface area contributed by atoms with Crippen LogP contribution < -0.4 is 5.32 Å². The Morgan fingerprint density at radius 2 is 1.79 bits per heavy atom. The molecule has 0 aliphatic carbocycles. The van der Waals surface area contributed by atoms with Gasteiger partial charge in [-0.05, 0) is 19.9 Å². The minimum absolute atomic E-state index is 0.520. The molecular weight excluding hydrogens is 252 g/mol. The van der Waals surface area contributed by atoms with Gasteiger partial charge >= 0.3 is 0 Å². The number of rotatable bonds is 11. The first-order valence-corrected chi connectivity index (χ1v) is 8.75. The lowest BCUT2D eigenvalue weighted by molar-refractivity contribution is 0.480. The van der Waals surface area contributed by atoms with Crippen LogP contribution in [0.25, 0.3) is 0 Å². The fraction of sp³-hybridized carbons (Fsp3) is 0.812. The third-order valence-corrected chi connectivity index (χ3v) is 4.56. The van der Waals surface area contributed by atoms with E-state index < -0.39 is 0 Å². The van der Waals surface area contributed by atoms with Crippen molar-refractivity contribution in [2.24, 2.45) is 0 Å². The van der Waals surface area contributed by atoms with Crippen LogP contribution in [0.5, 0.6) is 0 Å². The van der Waals surface area contributed by atoms with Crippen LogP contribution in [0.2, 0.25) is 0 Å². The van der Waals surface area contributed by atoms with Crippen molar-refractivity contribution in [2.75, 3.05) is 6.54 Å². The van der Waals surface area contributed by atoms with Gasteiger partial charge in [-0.2, -0.15) is 0 Å². The number of unbranched alkanes of at least 4 members (excludes halogenated alkanes) is 6. The van der Waals surface area contributed by atoms with Crippen molar-refractivity contribution in [1.82, 2.24) is 10.3 Å². The fourth-order valence-corrected chi connectivity index (χ4v) is 3.33. The van der Waals surface area contributed by atoms with E-state index in [9.17, 15) is 0 Å². The SMILES string of the molecule is CCCCCCCCCC(NCC)c1cnc(C)s1. The summed E-state index contributed by atoms with van der Waals surface area (Å²) in [4.78, 5) is 5.78. The molecule has 0 radical (unpaired) electrons. The summed E-state index contributed by atoms with van der Waals surface area (Å²) in [6.07, 6.45) is 13.0. The van der Waals surface area contributed by atoms with E-state index in [1.165, 1.54) is 61.3 Å². The highest BCUT2D eigenvalue weighted by Crippen LogP contribution is 2.25. The average Bonchev–Trinajstić information content (AvgIpc) is 2.83. The minimum Gasteiger partial charge on any atom is -0.309 e. The molecule has 1 aromatic heterocycles. The highest BCUT2D eigenvalue weighted by Gasteiger charge is 2.12. The molecule has 1 N–H and O–H groups in total. The summed E-state index contributed by atoms with van der Waals surface area (Å²) in [5.41, 5.74) is 0. The molecule has 0 spiro atoms. The molecule has 1 unspecified atom stereocenters. The largest absolute Gasteiger partial charge is 0.309 e. The third kappa shape index (κ3) is 7.07. The van der Waals surface area contributed by atoms with Crippen LogP contribution in [0.3, 0.4) is 0 Å². The molecule has 0 aliphatic heterocycles. The maximum absolute atomic E-state index is 4.38. The summed E-state index contributed by atoms with van der Waals surface area (Å²) < 4.78 is 0. The van der Waals surface area contributed by atoms with Crippen LogP contribution in [-0.2, 0) is 0 Å². The predicted molar refractivity (Wildman–Crippen MR) is 85.9 cm³/mol. The number of nitrogens with one attached hydrogen (secondary N) is 1. The molecule has 110 valence electrons. The van der Waals surface area contributed by atoms with Crippen LogP contribution in [0, 0.1) is 6.92 Å². The highest BCUT2D eigenvalue weighted by atomic mass is 32.1. The predicted octanol–water partition coefficient (Wildman–Crippen LogP) is 5.24. The van der Waals surface area contributed by atoms with Crippen molar-refractivity contribution < 1.29 is 0 Å². The lowest BCUT2D eigenvalue weighted by Crippen LogP contribution is -2.19. The summed E-state index contributed by atoms with van der Waals surface area (Å²) in [5.74, 6) is 0. The number of thiazole rings is 1. The van der Waals surface area contributed by atoms with Crippen molar-refractivity contribution in [3.8, 4) is 0 Å². The second-order valence-corrected chi connectivity index (χ2v) is 6.57. The fourth-order valence-electron chi connectivity index (χ4n) is 2.44. The summed E-state index contributed by atoms with van der Waals surface area (Å²) in [6, 6.07) is 0.520. The highest BCUT2D eigenvalue weighted by molar-refractivity contribution is 7.11. The second kappa shape index (κ2) is 10.4. The van der Waals surface area contributed by atoms with E-state index >= 15 is 0 Å². The Hall–Kier alpha value is -0.410. The van der Waals surface area contributed by atoms with E-state index in [2.05, 4.69) is 37.3 Å². The molecule has 19 heavy (non-hydrogen) atoms. The number of hydrogen-bond donors (Lipinski definition) is 1. The van der Waals surface area contributed by atoms with Gasteiger partial charge in [-0.1, -0.05) is 58.8 Å². The van der Waals surface area contributed by atoms with Crippen molar-refractivity contribution in [1.29, 1.82) is 0 Å². The number of aromatic nitrogens is 1. The topological polar surface area (TPSA) is 24.9 Å². The van der Waals surface area contributed by atoms with Crippen LogP contribution in [0.15, 0.2) is 6.20 Å². The molecule has 0 fully saturated rings. The zero-order valence-corrected chi connectivity index (χ0v) is 13.7. The minimum atomic E-state index is 0.520. The zero-order chi connectivity index (χ0) is 13.9. The third-order valence-electron chi connectivity index (χ3n) is 3.53. The number of hydrogen-bond acceptors (Lipinski definition) is 3. The van der Waals surface area contributed by atoms with Crippen LogP contribution in [0.4, 0.5) is 0 Å². The Morgan fingerprint density at radius 3 is 2.37 bits per heavy atom. The van der Waals surface area contributed by atoms with E-state index in [-0.39, 0.29) is 0 Å². The molecule has 1 heterocycles. The molecule has 0 amide bonds. The quantitative estimate of drug-likeness (QED) is 0.561. The Labute approximate surface area is 123 Å². The molecule has 0 saturated carbocycles. The first-order chi connectivity index (χ1) is 9.27. The van der Waals surface area contributed by atoms with E-state index in [0.29, 0.717) is 6.04 Å². The van der Waals surface area contributed by atoms with Gasteiger partial charge in [0, 0.05) is 17.1 Å². The van der Waals surface area contributed by atoms with Crippen molar-refractivity contribution >= 4 is 11.3 Å². The maximum Gasteiger partial charge on any atom is 0.0897 e. The lowest BCUT2D eigenvalue weighted by atomic mass is 10.0. The molecule has 0 bridgehead atoms. The molecule has 1 atom stereocenters. The first kappa shape index (κ1) is 16.6. The van der Waals surface area contributed by atoms with Gasteiger partial charge in [-0.3, -0.25) is 0 Å². The summed E-state index contributed by atoms with van der Waals surface area (Å²) in [6.45, 7) is 7.59. The van der Waals surface area contributed by atoms with Crippen molar-refractivity contribution in [3.05, 3.63) is 16.1 Å².